The van der Waals surface area contributed by atoms with Gasteiger partial charge in [-0.15, -0.1) is 0 Å². The molecule has 0 atom stereocenters. The zero-order chi connectivity index (χ0) is 20.7. The van der Waals surface area contributed by atoms with Crippen molar-refractivity contribution in [1.29, 1.82) is 0 Å². The lowest BCUT2D eigenvalue weighted by molar-refractivity contribution is 0.196. The average molecular weight is 400 g/mol. The molecule has 1 aromatic carbocycles. The van der Waals surface area contributed by atoms with Crippen LogP contribution in [0.2, 0.25) is 0 Å². The molecular formula is C25H29N5. The highest BCUT2D eigenvalue weighted by Gasteiger charge is 2.27. The fraction of sp³-hybridized carbons (Fsp3) is 0.360. The molecule has 4 aromatic rings. The van der Waals surface area contributed by atoms with E-state index in [1.165, 1.54) is 42.5 Å². The van der Waals surface area contributed by atoms with E-state index in [4.69, 9.17) is 4.98 Å². The summed E-state index contributed by atoms with van der Waals surface area (Å²) < 4.78 is 2.43. The molecule has 5 rings (SSSR count). The smallest absolute Gasteiger partial charge is 0.137 e. The van der Waals surface area contributed by atoms with Gasteiger partial charge in [0.05, 0.1) is 17.7 Å². The summed E-state index contributed by atoms with van der Waals surface area (Å²) in [5, 5.41) is 1.15. The molecule has 3 aromatic heterocycles. The number of imidazole rings is 1. The zero-order valence-corrected chi connectivity index (χ0v) is 18.0. The number of hydrogen-bond acceptors (Lipinski definition) is 3. The van der Waals surface area contributed by atoms with Crippen molar-refractivity contribution in [3.63, 3.8) is 0 Å². The summed E-state index contributed by atoms with van der Waals surface area (Å²) in [5.41, 5.74) is 6.81. The predicted octanol–water partition coefficient (Wildman–Crippen LogP) is 5.45. The lowest BCUT2D eigenvalue weighted by Crippen LogP contribution is -2.32. The van der Waals surface area contributed by atoms with Crippen LogP contribution in [0.25, 0.3) is 33.5 Å². The Balaban J connectivity index is 1.63. The van der Waals surface area contributed by atoms with E-state index in [9.17, 15) is 0 Å². The van der Waals surface area contributed by atoms with E-state index >= 15 is 0 Å². The molecular weight excluding hydrogens is 370 g/mol. The van der Waals surface area contributed by atoms with Gasteiger partial charge >= 0.3 is 0 Å². The first-order chi connectivity index (χ1) is 14.6. The number of benzene rings is 1. The van der Waals surface area contributed by atoms with Gasteiger partial charge in [0.2, 0.25) is 0 Å². The van der Waals surface area contributed by atoms with Crippen LogP contribution in [-0.2, 0) is 0 Å². The number of H-pyrrole nitrogens is 1. The van der Waals surface area contributed by atoms with Crippen LogP contribution in [-0.4, -0.2) is 44.6 Å². The molecule has 5 heteroatoms. The summed E-state index contributed by atoms with van der Waals surface area (Å²) in [4.78, 5) is 15.1. The lowest BCUT2D eigenvalue weighted by Gasteiger charge is -2.34. The average Bonchev–Trinajstić information content (AvgIpc) is 3.41. The first-order valence-electron chi connectivity index (χ1n) is 10.8. The van der Waals surface area contributed by atoms with Crippen LogP contribution in [0, 0.1) is 6.92 Å². The van der Waals surface area contributed by atoms with Crippen LogP contribution < -0.4 is 0 Å². The lowest BCUT2D eigenvalue weighted by atomic mass is 9.90. The number of aromatic nitrogens is 4. The van der Waals surface area contributed by atoms with Gasteiger partial charge in [0.1, 0.15) is 5.65 Å². The highest BCUT2D eigenvalue weighted by atomic mass is 15.1. The molecule has 1 aliphatic carbocycles. The Labute approximate surface area is 177 Å². The molecule has 5 nitrogen and oxygen atoms in total. The van der Waals surface area contributed by atoms with Crippen LogP contribution in [0.15, 0.2) is 55.1 Å². The molecule has 30 heavy (non-hydrogen) atoms. The summed E-state index contributed by atoms with van der Waals surface area (Å²) in [6.07, 6.45) is 10.7. The Bertz CT molecular complexity index is 1140. The van der Waals surface area contributed by atoms with Crippen LogP contribution >= 0.6 is 0 Å². The van der Waals surface area contributed by atoms with Crippen LogP contribution in [0.1, 0.15) is 37.3 Å². The molecule has 1 saturated carbocycles. The molecule has 1 N–H and O–H groups in total. The van der Waals surface area contributed by atoms with E-state index in [0.29, 0.717) is 12.1 Å². The fourth-order valence-electron chi connectivity index (χ4n) is 4.85. The molecule has 1 fully saturated rings. The van der Waals surface area contributed by atoms with Crippen molar-refractivity contribution in [3.8, 4) is 22.5 Å². The summed E-state index contributed by atoms with van der Waals surface area (Å²) in [7, 11) is 4.39. The Hall–Kier alpha value is -2.92. The van der Waals surface area contributed by atoms with Crippen molar-refractivity contribution < 1.29 is 0 Å². The largest absolute Gasteiger partial charge is 0.346 e. The highest BCUT2D eigenvalue weighted by molar-refractivity contribution is 5.95. The van der Waals surface area contributed by atoms with Crippen molar-refractivity contribution in [1.82, 2.24) is 24.4 Å². The quantitative estimate of drug-likeness (QED) is 0.497. The molecule has 0 saturated heterocycles. The molecule has 0 spiro atoms. The molecule has 0 radical (unpaired) electrons. The molecule has 0 bridgehead atoms. The number of nitrogens with zero attached hydrogens (tertiary/aromatic N) is 4. The molecule has 154 valence electrons. The van der Waals surface area contributed by atoms with Gasteiger partial charge in [0, 0.05) is 41.0 Å². The first kappa shape index (κ1) is 19.1. The number of aromatic amines is 1. The molecule has 1 aliphatic rings. The topological polar surface area (TPSA) is 49.7 Å². The van der Waals surface area contributed by atoms with Gasteiger partial charge in [-0.25, -0.2) is 9.97 Å². The zero-order valence-electron chi connectivity index (χ0n) is 18.0. The Morgan fingerprint density at radius 3 is 2.47 bits per heavy atom. The van der Waals surface area contributed by atoms with Crippen molar-refractivity contribution in [2.75, 3.05) is 14.1 Å². The van der Waals surface area contributed by atoms with Gasteiger partial charge in [0.25, 0.3) is 0 Å². The maximum Gasteiger partial charge on any atom is 0.137 e. The second-order valence-electron chi connectivity index (χ2n) is 8.74. The molecule has 0 unspecified atom stereocenters. The van der Waals surface area contributed by atoms with Gasteiger partial charge < -0.3 is 14.5 Å². The van der Waals surface area contributed by atoms with Gasteiger partial charge in [-0.2, -0.15) is 0 Å². The first-order valence-corrected chi connectivity index (χ1v) is 10.8. The Morgan fingerprint density at radius 1 is 0.967 bits per heavy atom. The van der Waals surface area contributed by atoms with Crippen LogP contribution in [0.3, 0.4) is 0 Å². The van der Waals surface area contributed by atoms with Gasteiger partial charge in [-0.3, -0.25) is 0 Å². The van der Waals surface area contributed by atoms with Crippen molar-refractivity contribution >= 4 is 11.0 Å². The van der Waals surface area contributed by atoms with E-state index in [-0.39, 0.29) is 0 Å². The third-order valence-corrected chi connectivity index (χ3v) is 6.62. The van der Waals surface area contributed by atoms with Gasteiger partial charge in [-0.05, 0) is 58.8 Å². The summed E-state index contributed by atoms with van der Waals surface area (Å²) >= 11 is 0. The number of aryl methyl sites for hydroxylation is 1. The number of fused-ring (bicyclic) bond motifs is 1. The highest BCUT2D eigenvalue weighted by Crippen LogP contribution is 2.40. The fourth-order valence-corrected chi connectivity index (χ4v) is 4.85. The van der Waals surface area contributed by atoms with E-state index in [1.54, 1.807) is 0 Å². The minimum absolute atomic E-state index is 0.477. The van der Waals surface area contributed by atoms with Crippen molar-refractivity contribution in [2.45, 2.75) is 44.7 Å². The number of nitrogens with one attached hydrogen (secondary N) is 1. The number of pyridine rings is 1. The Morgan fingerprint density at radius 2 is 1.73 bits per heavy atom. The third-order valence-electron chi connectivity index (χ3n) is 6.62. The minimum atomic E-state index is 0.477. The second kappa shape index (κ2) is 7.73. The van der Waals surface area contributed by atoms with Gasteiger partial charge in [0.15, 0.2) is 0 Å². The van der Waals surface area contributed by atoms with E-state index in [2.05, 4.69) is 83.2 Å². The third kappa shape index (κ3) is 3.33. The molecule has 0 amide bonds. The van der Waals surface area contributed by atoms with E-state index in [0.717, 1.165) is 22.3 Å². The van der Waals surface area contributed by atoms with E-state index in [1.807, 2.05) is 12.4 Å². The van der Waals surface area contributed by atoms with Gasteiger partial charge in [-0.1, -0.05) is 29.8 Å². The second-order valence-corrected chi connectivity index (χ2v) is 8.74. The minimum Gasteiger partial charge on any atom is -0.346 e. The van der Waals surface area contributed by atoms with E-state index < -0.39 is 0 Å². The SMILES string of the molecule is Cc1ccc(-c2ncn([C@H]3CC[C@H](N(C)C)CC3)c2-c2ccnc3[nH]ccc23)cc1. The monoisotopic (exact) mass is 399 g/mol. The molecule has 0 aliphatic heterocycles. The summed E-state index contributed by atoms with van der Waals surface area (Å²) in [6.45, 7) is 2.12. The maximum atomic E-state index is 4.93. The predicted molar refractivity (Wildman–Crippen MR) is 122 cm³/mol. The van der Waals surface area contributed by atoms with Crippen molar-refractivity contribution in [2.24, 2.45) is 0 Å². The summed E-state index contributed by atoms with van der Waals surface area (Å²) in [5.74, 6) is 0. The Kier molecular flexibility index (Phi) is 4.91. The van der Waals surface area contributed by atoms with Crippen LogP contribution in [0.4, 0.5) is 0 Å². The summed E-state index contributed by atoms with van der Waals surface area (Å²) in [6, 6.07) is 14.1. The maximum absolute atomic E-state index is 4.93. The van der Waals surface area contributed by atoms with Crippen LogP contribution in [0.5, 0.6) is 0 Å². The molecule has 3 heterocycles. The number of hydrogen-bond donors (Lipinski definition) is 1. The standard InChI is InChI=1S/C25H29N5/c1-17-4-6-18(7-5-17)23-24(21-12-14-26-25-22(21)13-15-27-25)30(16-28-23)20-10-8-19(9-11-20)29(2)3/h4-7,12-16,19-20H,8-11H2,1-3H3,(H,26,27)/t19-,20-. The number of rotatable bonds is 4. The van der Waals surface area contributed by atoms with Crippen molar-refractivity contribution in [3.05, 3.63) is 60.7 Å². The normalized spacial score (nSPS) is 19.6.